The van der Waals surface area contributed by atoms with E-state index in [1.54, 1.807) is 0 Å². The fraction of sp³-hybridized carbons (Fsp3) is 0.500. The van der Waals surface area contributed by atoms with Gasteiger partial charge in [-0.15, -0.1) is 0 Å². The van der Waals surface area contributed by atoms with E-state index in [9.17, 15) is 4.79 Å². The molecule has 0 N–H and O–H groups in total. The van der Waals surface area contributed by atoms with Gasteiger partial charge in [0.05, 0.1) is 0 Å². The molecule has 80 valence electrons. The highest BCUT2D eigenvalue weighted by Gasteiger charge is 2.24. The second-order valence-corrected chi connectivity index (χ2v) is 4.88. The van der Waals surface area contributed by atoms with Crippen LogP contribution in [0.3, 0.4) is 0 Å². The molecule has 1 aromatic rings. The molecule has 0 saturated carbocycles. The van der Waals surface area contributed by atoms with Gasteiger partial charge in [0, 0.05) is 5.56 Å². The van der Waals surface area contributed by atoms with Crippen LogP contribution in [0.25, 0.3) is 0 Å². The van der Waals surface area contributed by atoms with Crippen LogP contribution in [-0.2, 0) is 12.8 Å². The zero-order valence-electron chi connectivity index (χ0n) is 9.98. The molecule has 2 rings (SSSR count). The Bertz CT molecular complexity index is 430. The number of fused-ring (bicyclic) bond motifs is 1. The van der Waals surface area contributed by atoms with Crippen LogP contribution < -0.4 is 0 Å². The van der Waals surface area contributed by atoms with E-state index in [0.29, 0.717) is 5.92 Å². The van der Waals surface area contributed by atoms with Crippen LogP contribution in [0.15, 0.2) is 0 Å². The van der Waals surface area contributed by atoms with E-state index in [0.717, 1.165) is 24.7 Å². The third-order valence-corrected chi connectivity index (χ3v) is 3.89. The molecule has 0 aromatic heterocycles. The van der Waals surface area contributed by atoms with Gasteiger partial charge in [-0.1, -0.05) is 6.92 Å². The number of carbonyl (C=O) groups is 1. The highest BCUT2D eigenvalue weighted by Crippen LogP contribution is 2.35. The van der Waals surface area contributed by atoms with Crippen LogP contribution >= 0.6 is 0 Å². The molecule has 0 spiro atoms. The van der Waals surface area contributed by atoms with Crippen molar-refractivity contribution in [2.24, 2.45) is 5.92 Å². The van der Waals surface area contributed by atoms with Crippen molar-refractivity contribution in [3.63, 3.8) is 0 Å². The summed E-state index contributed by atoms with van der Waals surface area (Å²) >= 11 is 0. The van der Waals surface area contributed by atoms with Crippen LogP contribution in [0.5, 0.6) is 0 Å². The molecule has 1 nitrogen and oxygen atoms in total. The SMILES string of the molecule is Cc1c(C)c(C=O)c2c(c1C)CC(C)C2. The van der Waals surface area contributed by atoms with E-state index >= 15 is 0 Å². The molecule has 0 fully saturated rings. The predicted molar refractivity (Wildman–Crippen MR) is 62.6 cm³/mol. The molecule has 0 amide bonds. The maximum atomic E-state index is 11.2. The third-order valence-electron chi connectivity index (χ3n) is 3.89. The van der Waals surface area contributed by atoms with E-state index in [2.05, 4.69) is 27.7 Å². The van der Waals surface area contributed by atoms with Gasteiger partial charge in [0.25, 0.3) is 0 Å². The summed E-state index contributed by atoms with van der Waals surface area (Å²) in [5.74, 6) is 0.693. The minimum Gasteiger partial charge on any atom is -0.298 e. The maximum absolute atomic E-state index is 11.2. The minimum absolute atomic E-state index is 0.693. The summed E-state index contributed by atoms with van der Waals surface area (Å²) in [5, 5.41) is 0. The Kier molecular flexibility index (Phi) is 2.41. The molecular formula is C14H18O. The summed E-state index contributed by atoms with van der Waals surface area (Å²) < 4.78 is 0. The second kappa shape index (κ2) is 3.48. The number of aldehydes is 1. The highest BCUT2D eigenvalue weighted by atomic mass is 16.1. The Morgan fingerprint density at radius 3 is 2.20 bits per heavy atom. The Morgan fingerprint density at radius 1 is 1.00 bits per heavy atom. The summed E-state index contributed by atoms with van der Waals surface area (Å²) in [5.41, 5.74) is 7.58. The van der Waals surface area contributed by atoms with Crippen molar-refractivity contribution < 1.29 is 4.79 Å². The summed E-state index contributed by atoms with van der Waals surface area (Å²) in [6.45, 7) is 8.64. The summed E-state index contributed by atoms with van der Waals surface area (Å²) in [4.78, 5) is 11.2. The molecule has 1 aliphatic carbocycles. The van der Waals surface area contributed by atoms with Gasteiger partial charge >= 0.3 is 0 Å². The topological polar surface area (TPSA) is 17.1 Å². The van der Waals surface area contributed by atoms with Gasteiger partial charge in [0.2, 0.25) is 0 Å². The zero-order chi connectivity index (χ0) is 11.2. The highest BCUT2D eigenvalue weighted by molar-refractivity contribution is 5.82. The van der Waals surface area contributed by atoms with Crippen LogP contribution in [-0.4, -0.2) is 6.29 Å². The summed E-state index contributed by atoms with van der Waals surface area (Å²) in [6.07, 6.45) is 3.26. The van der Waals surface area contributed by atoms with Gasteiger partial charge in [-0.25, -0.2) is 0 Å². The quantitative estimate of drug-likeness (QED) is 0.639. The molecule has 1 atom stereocenters. The maximum Gasteiger partial charge on any atom is 0.150 e. The van der Waals surface area contributed by atoms with Crippen molar-refractivity contribution in [2.75, 3.05) is 0 Å². The molecule has 0 saturated heterocycles. The van der Waals surface area contributed by atoms with Gasteiger partial charge in [-0.05, 0) is 67.3 Å². The van der Waals surface area contributed by atoms with Crippen molar-refractivity contribution in [1.82, 2.24) is 0 Å². The molecule has 0 radical (unpaired) electrons. The number of rotatable bonds is 1. The Morgan fingerprint density at radius 2 is 1.60 bits per heavy atom. The first-order chi connectivity index (χ1) is 7.06. The van der Waals surface area contributed by atoms with Crippen molar-refractivity contribution in [3.8, 4) is 0 Å². The van der Waals surface area contributed by atoms with E-state index in [1.165, 1.54) is 27.8 Å². The molecule has 0 heterocycles. The lowest BCUT2D eigenvalue weighted by molar-refractivity contribution is 0.112. The number of hydrogen-bond acceptors (Lipinski definition) is 1. The van der Waals surface area contributed by atoms with E-state index in [4.69, 9.17) is 0 Å². The first-order valence-corrected chi connectivity index (χ1v) is 5.63. The minimum atomic E-state index is 0.693. The van der Waals surface area contributed by atoms with Gasteiger partial charge in [-0.2, -0.15) is 0 Å². The molecule has 1 heteroatoms. The van der Waals surface area contributed by atoms with Gasteiger partial charge < -0.3 is 0 Å². The van der Waals surface area contributed by atoms with Crippen molar-refractivity contribution in [2.45, 2.75) is 40.5 Å². The van der Waals surface area contributed by atoms with Gasteiger partial charge in [0.15, 0.2) is 6.29 Å². The average Bonchev–Trinajstić information content (AvgIpc) is 2.58. The molecular weight excluding hydrogens is 184 g/mol. The third kappa shape index (κ3) is 1.41. The number of carbonyl (C=O) groups excluding carboxylic acids is 1. The van der Waals surface area contributed by atoms with E-state index < -0.39 is 0 Å². The Hall–Kier alpha value is -1.11. The van der Waals surface area contributed by atoms with Crippen molar-refractivity contribution in [3.05, 3.63) is 33.4 Å². The molecule has 1 unspecified atom stereocenters. The summed E-state index contributed by atoms with van der Waals surface area (Å²) in [7, 11) is 0. The Labute approximate surface area is 91.5 Å². The fourth-order valence-electron chi connectivity index (χ4n) is 2.76. The predicted octanol–water partition coefficient (Wildman–Crippen LogP) is 3.16. The largest absolute Gasteiger partial charge is 0.298 e. The van der Waals surface area contributed by atoms with Crippen LogP contribution in [0.2, 0.25) is 0 Å². The second-order valence-electron chi connectivity index (χ2n) is 4.88. The normalized spacial score (nSPS) is 19.1. The van der Waals surface area contributed by atoms with Crippen molar-refractivity contribution >= 4 is 6.29 Å². The van der Waals surface area contributed by atoms with Crippen LogP contribution in [0.4, 0.5) is 0 Å². The monoisotopic (exact) mass is 202 g/mol. The number of benzene rings is 1. The van der Waals surface area contributed by atoms with E-state index in [1.807, 2.05) is 0 Å². The zero-order valence-corrected chi connectivity index (χ0v) is 9.98. The van der Waals surface area contributed by atoms with Crippen LogP contribution in [0.1, 0.15) is 45.1 Å². The lowest BCUT2D eigenvalue weighted by Crippen LogP contribution is -2.02. The summed E-state index contributed by atoms with van der Waals surface area (Å²) in [6, 6.07) is 0. The lowest BCUT2D eigenvalue weighted by Gasteiger charge is -2.14. The number of hydrogen-bond donors (Lipinski definition) is 0. The molecule has 0 aliphatic heterocycles. The Balaban J connectivity index is 2.75. The van der Waals surface area contributed by atoms with Crippen LogP contribution in [0, 0.1) is 26.7 Å². The molecule has 0 bridgehead atoms. The first kappa shape index (κ1) is 10.4. The van der Waals surface area contributed by atoms with E-state index in [-0.39, 0.29) is 0 Å². The smallest absolute Gasteiger partial charge is 0.150 e. The molecule has 1 aliphatic rings. The van der Waals surface area contributed by atoms with Gasteiger partial charge in [0.1, 0.15) is 0 Å². The first-order valence-electron chi connectivity index (χ1n) is 5.63. The molecule has 15 heavy (non-hydrogen) atoms. The molecule has 1 aromatic carbocycles. The average molecular weight is 202 g/mol. The lowest BCUT2D eigenvalue weighted by atomic mass is 9.90. The standard InChI is InChI=1S/C14H18O/c1-8-5-12-10(3)9(2)11(4)14(7-15)13(12)6-8/h7-8H,5-6H2,1-4H3. The fourth-order valence-corrected chi connectivity index (χ4v) is 2.76. The van der Waals surface area contributed by atoms with Gasteiger partial charge in [-0.3, -0.25) is 4.79 Å². The van der Waals surface area contributed by atoms with Crippen molar-refractivity contribution in [1.29, 1.82) is 0 Å².